The molecule has 0 aromatic heterocycles. The predicted molar refractivity (Wildman–Crippen MR) is 90.7 cm³/mol. The van der Waals surface area contributed by atoms with E-state index >= 15 is 0 Å². The van der Waals surface area contributed by atoms with Gasteiger partial charge in [0.15, 0.2) is 0 Å². The number of carbonyl (C=O) groups is 2. The molecule has 0 amide bonds. The van der Waals surface area contributed by atoms with Gasteiger partial charge in [-0.05, 0) is 55.8 Å². The molecule has 0 aromatic rings. The van der Waals surface area contributed by atoms with Crippen LogP contribution >= 0.6 is 0 Å². The van der Waals surface area contributed by atoms with Crippen LogP contribution in [0.25, 0.3) is 0 Å². The van der Waals surface area contributed by atoms with Gasteiger partial charge in [-0.3, -0.25) is 9.59 Å². The Morgan fingerprint density at radius 2 is 2.05 bits per heavy atom. The smallest absolute Gasteiger partial charge is 0.139 e. The molecule has 0 heterocycles. The van der Waals surface area contributed by atoms with Crippen molar-refractivity contribution in [3.8, 4) is 0 Å². The van der Waals surface area contributed by atoms with Gasteiger partial charge >= 0.3 is 0 Å². The van der Waals surface area contributed by atoms with Crippen LogP contribution in [0.3, 0.4) is 0 Å². The Hall–Kier alpha value is -0.660. The first-order chi connectivity index (χ1) is 10.4. The van der Waals surface area contributed by atoms with Gasteiger partial charge in [-0.25, -0.2) is 0 Å². The van der Waals surface area contributed by atoms with E-state index in [0.29, 0.717) is 41.7 Å². The molecule has 2 fully saturated rings. The molecule has 2 aliphatic carbocycles. The zero-order chi connectivity index (χ0) is 16.3. The van der Waals surface area contributed by atoms with Crippen molar-refractivity contribution >= 4 is 11.6 Å². The van der Waals surface area contributed by atoms with Crippen LogP contribution in [0.4, 0.5) is 0 Å². The number of carbonyl (C=O) groups excluding carboxylic acids is 2. The van der Waals surface area contributed by atoms with Crippen molar-refractivity contribution in [2.24, 2.45) is 29.1 Å². The molecular formula is C20H34O2. The maximum Gasteiger partial charge on any atom is 0.139 e. The van der Waals surface area contributed by atoms with Gasteiger partial charge in [-0.1, -0.05) is 34.1 Å². The minimum Gasteiger partial charge on any atom is -0.300 e. The second-order valence-electron chi connectivity index (χ2n) is 8.02. The molecule has 2 heteroatoms. The molecule has 0 aromatic carbocycles. The lowest BCUT2D eigenvalue weighted by molar-refractivity contribution is -0.142. The average Bonchev–Trinajstić information content (AvgIpc) is 2.52. The topological polar surface area (TPSA) is 34.1 Å². The SMILES string of the molecule is CCC(=O)CCC(C)C1CCC2(C)C(=O)CCCC2C1CC. The molecule has 2 aliphatic rings. The molecule has 5 atom stereocenters. The molecule has 0 saturated heterocycles. The van der Waals surface area contributed by atoms with Gasteiger partial charge in [-0.15, -0.1) is 0 Å². The highest BCUT2D eigenvalue weighted by Gasteiger charge is 2.51. The number of fused-ring (bicyclic) bond motifs is 1. The summed E-state index contributed by atoms with van der Waals surface area (Å²) in [5, 5.41) is 0. The highest BCUT2D eigenvalue weighted by atomic mass is 16.1. The van der Waals surface area contributed by atoms with Crippen LogP contribution in [0.15, 0.2) is 0 Å². The summed E-state index contributed by atoms with van der Waals surface area (Å²) in [6.45, 7) is 8.83. The third kappa shape index (κ3) is 3.31. The zero-order valence-electron chi connectivity index (χ0n) is 15.0. The van der Waals surface area contributed by atoms with Gasteiger partial charge < -0.3 is 0 Å². The van der Waals surface area contributed by atoms with E-state index in [0.717, 1.165) is 32.1 Å². The summed E-state index contributed by atoms with van der Waals surface area (Å²) in [4.78, 5) is 24.1. The fourth-order valence-corrected chi connectivity index (χ4v) is 5.36. The van der Waals surface area contributed by atoms with Crippen LogP contribution in [0.1, 0.15) is 85.5 Å². The van der Waals surface area contributed by atoms with E-state index < -0.39 is 0 Å². The highest BCUT2D eigenvalue weighted by molar-refractivity contribution is 5.85. The number of ketones is 2. The van der Waals surface area contributed by atoms with Crippen molar-refractivity contribution in [3.63, 3.8) is 0 Å². The summed E-state index contributed by atoms with van der Waals surface area (Å²) < 4.78 is 0. The van der Waals surface area contributed by atoms with E-state index in [1.165, 1.54) is 19.3 Å². The highest BCUT2D eigenvalue weighted by Crippen LogP contribution is 2.55. The van der Waals surface area contributed by atoms with Crippen LogP contribution in [0.5, 0.6) is 0 Å². The van der Waals surface area contributed by atoms with Crippen molar-refractivity contribution in [1.82, 2.24) is 0 Å². The van der Waals surface area contributed by atoms with Crippen LogP contribution < -0.4 is 0 Å². The molecule has 5 unspecified atom stereocenters. The van der Waals surface area contributed by atoms with Crippen LogP contribution in [-0.4, -0.2) is 11.6 Å². The maximum atomic E-state index is 12.5. The number of Topliss-reactive ketones (excluding diaryl/α,β-unsaturated/α-hetero) is 2. The molecule has 0 spiro atoms. The fourth-order valence-electron chi connectivity index (χ4n) is 5.36. The minimum atomic E-state index is -0.0472. The van der Waals surface area contributed by atoms with Gasteiger partial charge in [0.05, 0.1) is 0 Å². The first-order valence-electron chi connectivity index (χ1n) is 9.49. The number of hydrogen-bond donors (Lipinski definition) is 0. The molecule has 0 radical (unpaired) electrons. The van der Waals surface area contributed by atoms with Gasteiger partial charge in [0, 0.05) is 24.7 Å². The van der Waals surface area contributed by atoms with E-state index in [9.17, 15) is 9.59 Å². The quantitative estimate of drug-likeness (QED) is 0.676. The molecule has 0 aliphatic heterocycles. The second kappa shape index (κ2) is 7.27. The second-order valence-corrected chi connectivity index (χ2v) is 8.02. The Balaban J connectivity index is 2.07. The fraction of sp³-hybridized carbons (Fsp3) is 0.900. The molecule has 22 heavy (non-hydrogen) atoms. The third-order valence-corrected chi connectivity index (χ3v) is 6.91. The normalized spacial score (nSPS) is 36.7. The van der Waals surface area contributed by atoms with Crippen molar-refractivity contribution in [1.29, 1.82) is 0 Å². The van der Waals surface area contributed by atoms with E-state index in [1.54, 1.807) is 0 Å². The number of hydrogen-bond acceptors (Lipinski definition) is 2. The minimum absolute atomic E-state index is 0.0472. The largest absolute Gasteiger partial charge is 0.300 e. The molecule has 2 saturated carbocycles. The first kappa shape index (κ1) is 17.7. The van der Waals surface area contributed by atoms with Gasteiger partial charge in [0.1, 0.15) is 11.6 Å². The lowest BCUT2D eigenvalue weighted by Gasteiger charge is -2.52. The van der Waals surface area contributed by atoms with Crippen molar-refractivity contribution in [2.75, 3.05) is 0 Å². The number of rotatable bonds is 6. The molecule has 2 rings (SSSR count). The van der Waals surface area contributed by atoms with Crippen molar-refractivity contribution < 1.29 is 9.59 Å². The Labute approximate surface area is 136 Å². The lowest BCUT2D eigenvalue weighted by Crippen LogP contribution is -2.49. The molecular weight excluding hydrogens is 272 g/mol. The monoisotopic (exact) mass is 306 g/mol. The maximum absolute atomic E-state index is 12.5. The zero-order valence-corrected chi connectivity index (χ0v) is 15.0. The lowest BCUT2D eigenvalue weighted by atomic mass is 9.51. The third-order valence-electron chi connectivity index (χ3n) is 6.91. The van der Waals surface area contributed by atoms with Crippen LogP contribution in [0.2, 0.25) is 0 Å². The Kier molecular flexibility index (Phi) is 5.85. The summed E-state index contributed by atoms with van der Waals surface area (Å²) in [6.07, 6.45) is 9.00. The Bertz CT molecular complexity index is 414. The summed E-state index contributed by atoms with van der Waals surface area (Å²) in [6, 6.07) is 0. The predicted octanol–water partition coefficient (Wildman–Crippen LogP) is 5.19. The molecule has 2 nitrogen and oxygen atoms in total. The Morgan fingerprint density at radius 1 is 1.32 bits per heavy atom. The van der Waals surface area contributed by atoms with Gasteiger partial charge in [-0.2, -0.15) is 0 Å². The molecule has 126 valence electrons. The van der Waals surface area contributed by atoms with Crippen molar-refractivity contribution in [2.45, 2.75) is 85.5 Å². The van der Waals surface area contributed by atoms with Gasteiger partial charge in [0.2, 0.25) is 0 Å². The standard InChI is InChI=1S/C20H34O2/c1-5-15(21)11-10-14(3)17-12-13-20(4)18(16(17)6-2)8-7-9-19(20)22/h14,16-18H,5-13H2,1-4H3. The van der Waals surface area contributed by atoms with E-state index in [4.69, 9.17) is 0 Å². The average molecular weight is 306 g/mol. The van der Waals surface area contributed by atoms with Crippen LogP contribution in [-0.2, 0) is 9.59 Å². The van der Waals surface area contributed by atoms with E-state index in [2.05, 4.69) is 20.8 Å². The summed E-state index contributed by atoms with van der Waals surface area (Å²) in [5.41, 5.74) is -0.0472. The molecule has 0 N–H and O–H groups in total. The Morgan fingerprint density at radius 3 is 2.68 bits per heavy atom. The van der Waals surface area contributed by atoms with Gasteiger partial charge in [0.25, 0.3) is 0 Å². The summed E-state index contributed by atoms with van der Waals surface area (Å²) in [5.74, 6) is 3.50. The van der Waals surface area contributed by atoms with Crippen molar-refractivity contribution in [3.05, 3.63) is 0 Å². The van der Waals surface area contributed by atoms with E-state index in [1.807, 2.05) is 6.92 Å². The van der Waals surface area contributed by atoms with Crippen LogP contribution in [0, 0.1) is 29.1 Å². The van der Waals surface area contributed by atoms with E-state index in [-0.39, 0.29) is 5.41 Å². The summed E-state index contributed by atoms with van der Waals surface area (Å²) >= 11 is 0. The first-order valence-corrected chi connectivity index (χ1v) is 9.49. The summed E-state index contributed by atoms with van der Waals surface area (Å²) in [7, 11) is 0. The molecule has 0 bridgehead atoms.